The first-order valence-electron chi connectivity index (χ1n) is 9.20. The molecule has 0 fully saturated rings. The molecule has 0 saturated carbocycles. The highest BCUT2D eigenvalue weighted by molar-refractivity contribution is 5.88. The predicted octanol–water partition coefficient (Wildman–Crippen LogP) is 3.80. The topological polar surface area (TPSA) is 69.2 Å². The standard InChI is InChI=1S/C21H22F2N2O4/c1-3-28-20-19(25-21(26)29-12-13-7-5-4-6-8-13)15(11-24-20)18-16(22)9-14(27-2)10-17(18)23/h4-10,15,19H,3,11-12H2,1-2H3,(H,25,26)/t15-,19-/m1/s1. The Morgan fingerprint density at radius 3 is 2.52 bits per heavy atom. The number of nitrogens with zero attached hydrogens (tertiary/aromatic N) is 1. The molecule has 0 spiro atoms. The number of aliphatic imine (C=N–C) groups is 1. The number of rotatable bonds is 6. The summed E-state index contributed by atoms with van der Waals surface area (Å²) in [4.78, 5) is 16.5. The molecule has 1 N–H and O–H groups in total. The van der Waals surface area contributed by atoms with Crippen LogP contribution in [0.1, 0.15) is 24.0 Å². The lowest BCUT2D eigenvalue weighted by molar-refractivity contribution is 0.136. The summed E-state index contributed by atoms with van der Waals surface area (Å²) in [6.07, 6.45) is -0.729. The molecule has 0 saturated heterocycles. The lowest BCUT2D eigenvalue weighted by Crippen LogP contribution is -2.44. The molecule has 3 rings (SSSR count). The van der Waals surface area contributed by atoms with Gasteiger partial charge in [0.05, 0.1) is 20.3 Å². The fourth-order valence-electron chi connectivity index (χ4n) is 3.19. The lowest BCUT2D eigenvalue weighted by atomic mass is 9.92. The van der Waals surface area contributed by atoms with Crippen molar-refractivity contribution in [2.24, 2.45) is 4.99 Å². The highest BCUT2D eigenvalue weighted by atomic mass is 19.1. The molecule has 1 aliphatic heterocycles. The van der Waals surface area contributed by atoms with E-state index in [4.69, 9.17) is 14.2 Å². The monoisotopic (exact) mass is 404 g/mol. The van der Waals surface area contributed by atoms with Crippen LogP contribution in [-0.2, 0) is 16.1 Å². The normalized spacial score (nSPS) is 18.1. The van der Waals surface area contributed by atoms with Gasteiger partial charge in [-0.25, -0.2) is 13.6 Å². The first-order chi connectivity index (χ1) is 14.0. The Bertz CT molecular complexity index is 866. The Morgan fingerprint density at radius 2 is 1.90 bits per heavy atom. The van der Waals surface area contributed by atoms with Gasteiger partial charge >= 0.3 is 6.09 Å². The first kappa shape index (κ1) is 20.6. The second kappa shape index (κ2) is 9.36. The van der Waals surface area contributed by atoms with Gasteiger partial charge in [-0.05, 0) is 12.5 Å². The molecule has 2 aromatic carbocycles. The van der Waals surface area contributed by atoms with E-state index in [2.05, 4.69) is 10.3 Å². The third-order valence-electron chi connectivity index (χ3n) is 4.55. The fraction of sp³-hybridized carbons (Fsp3) is 0.333. The Kier molecular flexibility index (Phi) is 6.64. The summed E-state index contributed by atoms with van der Waals surface area (Å²) in [6, 6.07) is 10.5. The molecule has 2 aromatic rings. The molecular weight excluding hydrogens is 382 g/mol. The van der Waals surface area contributed by atoms with E-state index in [9.17, 15) is 13.6 Å². The molecular formula is C21H22F2N2O4. The van der Waals surface area contributed by atoms with E-state index in [1.807, 2.05) is 30.3 Å². The molecule has 6 nitrogen and oxygen atoms in total. The second-order valence-electron chi connectivity index (χ2n) is 6.41. The van der Waals surface area contributed by atoms with Gasteiger partial charge in [-0.3, -0.25) is 4.99 Å². The number of carbonyl (C=O) groups is 1. The van der Waals surface area contributed by atoms with E-state index in [0.717, 1.165) is 17.7 Å². The van der Waals surface area contributed by atoms with Crippen LogP contribution in [-0.4, -0.2) is 38.3 Å². The van der Waals surface area contributed by atoms with Crippen molar-refractivity contribution in [3.8, 4) is 5.75 Å². The van der Waals surface area contributed by atoms with Gasteiger partial charge in [0, 0.05) is 23.6 Å². The molecule has 154 valence electrons. The van der Waals surface area contributed by atoms with Crippen molar-refractivity contribution < 1.29 is 27.8 Å². The molecule has 1 amide bonds. The summed E-state index contributed by atoms with van der Waals surface area (Å²) in [5.74, 6) is -2.04. The Balaban J connectivity index is 1.77. The Hall–Kier alpha value is -3.16. The molecule has 1 aliphatic rings. The maximum atomic E-state index is 14.6. The summed E-state index contributed by atoms with van der Waals surface area (Å²) < 4.78 is 44.8. The first-order valence-corrected chi connectivity index (χ1v) is 9.20. The molecule has 0 aliphatic carbocycles. The molecule has 0 radical (unpaired) electrons. The number of benzene rings is 2. The number of ether oxygens (including phenoxy) is 3. The molecule has 29 heavy (non-hydrogen) atoms. The summed E-state index contributed by atoms with van der Waals surface area (Å²) in [5.41, 5.74) is 0.633. The number of hydrogen-bond donors (Lipinski definition) is 1. The van der Waals surface area contributed by atoms with Crippen molar-refractivity contribution in [3.63, 3.8) is 0 Å². The van der Waals surface area contributed by atoms with E-state index >= 15 is 0 Å². The zero-order chi connectivity index (χ0) is 20.8. The van der Waals surface area contributed by atoms with Crippen LogP contribution in [0.5, 0.6) is 5.75 Å². The zero-order valence-electron chi connectivity index (χ0n) is 16.2. The average Bonchev–Trinajstić information content (AvgIpc) is 3.09. The van der Waals surface area contributed by atoms with Gasteiger partial charge in [-0.15, -0.1) is 0 Å². The number of methoxy groups -OCH3 is 1. The van der Waals surface area contributed by atoms with Crippen LogP contribution in [0.2, 0.25) is 0 Å². The van der Waals surface area contributed by atoms with Crippen LogP contribution >= 0.6 is 0 Å². The largest absolute Gasteiger partial charge is 0.497 e. The summed E-state index contributed by atoms with van der Waals surface area (Å²) in [5, 5.41) is 2.63. The second-order valence-corrected chi connectivity index (χ2v) is 6.41. The summed E-state index contributed by atoms with van der Waals surface area (Å²) in [6.45, 7) is 2.20. The minimum absolute atomic E-state index is 0.0659. The summed E-state index contributed by atoms with van der Waals surface area (Å²) >= 11 is 0. The third-order valence-corrected chi connectivity index (χ3v) is 4.55. The van der Waals surface area contributed by atoms with Crippen LogP contribution in [0.15, 0.2) is 47.5 Å². The number of alkyl carbamates (subject to hydrolysis) is 1. The van der Waals surface area contributed by atoms with Gasteiger partial charge in [0.2, 0.25) is 5.90 Å². The quantitative estimate of drug-likeness (QED) is 0.795. The van der Waals surface area contributed by atoms with Crippen LogP contribution in [0, 0.1) is 11.6 Å². The number of halogens is 2. The van der Waals surface area contributed by atoms with Crippen LogP contribution in [0.3, 0.4) is 0 Å². The zero-order valence-corrected chi connectivity index (χ0v) is 16.2. The van der Waals surface area contributed by atoms with Crippen molar-refractivity contribution in [1.82, 2.24) is 5.32 Å². The van der Waals surface area contributed by atoms with Gasteiger partial charge < -0.3 is 19.5 Å². The third kappa shape index (κ3) is 4.82. The smallest absolute Gasteiger partial charge is 0.408 e. The van der Waals surface area contributed by atoms with Crippen molar-refractivity contribution in [1.29, 1.82) is 0 Å². The number of hydrogen-bond acceptors (Lipinski definition) is 5. The van der Waals surface area contributed by atoms with Crippen LogP contribution < -0.4 is 10.1 Å². The van der Waals surface area contributed by atoms with E-state index < -0.39 is 29.7 Å². The number of amides is 1. The average molecular weight is 404 g/mol. The van der Waals surface area contributed by atoms with E-state index in [1.54, 1.807) is 6.92 Å². The van der Waals surface area contributed by atoms with Crippen molar-refractivity contribution >= 4 is 12.0 Å². The Labute approximate surface area is 167 Å². The maximum Gasteiger partial charge on any atom is 0.408 e. The minimum Gasteiger partial charge on any atom is -0.497 e. The molecule has 8 heteroatoms. The van der Waals surface area contributed by atoms with Crippen LogP contribution in [0.25, 0.3) is 0 Å². The molecule has 0 unspecified atom stereocenters. The lowest BCUT2D eigenvalue weighted by Gasteiger charge is -2.23. The van der Waals surface area contributed by atoms with Gasteiger partial charge in [-0.1, -0.05) is 30.3 Å². The molecule has 1 heterocycles. The summed E-state index contributed by atoms with van der Waals surface area (Å²) in [7, 11) is 1.33. The highest BCUT2D eigenvalue weighted by Crippen LogP contribution is 2.33. The Morgan fingerprint density at radius 1 is 1.21 bits per heavy atom. The van der Waals surface area contributed by atoms with E-state index in [1.165, 1.54) is 7.11 Å². The maximum absolute atomic E-state index is 14.6. The predicted molar refractivity (Wildman–Crippen MR) is 103 cm³/mol. The number of carbonyl (C=O) groups excluding carboxylic acids is 1. The van der Waals surface area contributed by atoms with E-state index in [-0.39, 0.29) is 30.4 Å². The van der Waals surface area contributed by atoms with Gasteiger partial charge in [0.15, 0.2) is 0 Å². The van der Waals surface area contributed by atoms with Gasteiger partial charge in [-0.2, -0.15) is 0 Å². The van der Waals surface area contributed by atoms with Crippen molar-refractivity contribution in [2.75, 3.05) is 20.3 Å². The minimum atomic E-state index is -0.851. The van der Waals surface area contributed by atoms with Crippen molar-refractivity contribution in [2.45, 2.75) is 25.5 Å². The van der Waals surface area contributed by atoms with Crippen LogP contribution in [0.4, 0.5) is 13.6 Å². The molecule has 0 aromatic heterocycles. The van der Waals surface area contributed by atoms with E-state index in [0.29, 0.717) is 6.61 Å². The SMILES string of the molecule is CCOC1=NC[C@H](c2c(F)cc(OC)cc2F)[C@H]1NC(=O)OCc1ccccc1. The van der Waals surface area contributed by atoms with Crippen molar-refractivity contribution in [3.05, 3.63) is 65.2 Å². The number of nitrogens with one attached hydrogen (secondary N) is 1. The van der Waals surface area contributed by atoms with Gasteiger partial charge in [0.25, 0.3) is 0 Å². The fourth-order valence-corrected chi connectivity index (χ4v) is 3.19. The molecule has 2 atom stereocenters. The highest BCUT2D eigenvalue weighted by Gasteiger charge is 2.39. The van der Waals surface area contributed by atoms with Gasteiger partial charge in [0.1, 0.15) is 30.0 Å². The molecule has 0 bridgehead atoms.